The molecule has 25 heavy (non-hydrogen) atoms. The van der Waals surface area contributed by atoms with Crippen molar-refractivity contribution in [1.82, 2.24) is 0 Å². The van der Waals surface area contributed by atoms with Gasteiger partial charge in [-0.3, -0.25) is 4.79 Å². The molecule has 1 amide bonds. The molecule has 1 saturated heterocycles. The van der Waals surface area contributed by atoms with Crippen molar-refractivity contribution in [2.75, 3.05) is 25.0 Å². The van der Waals surface area contributed by atoms with Crippen molar-refractivity contribution in [3.8, 4) is 0 Å². The normalized spacial score (nSPS) is 18.2. The van der Waals surface area contributed by atoms with E-state index in [1.807, 2.05) is 26.0 Å². The highest BCUT2D eigenvalue weighted by atomic mass is 32.1. The van der Waals surface area contributed by atoms with E-state index in [9.17, 15) is 4.79 Å². The molecule has 0 radical (unpaired) electrons. The average Bonchev–Trinajstić information content (AvgIpc) is 3.25. The zero-order valence-corrected chi connectivity index (χ0v) is 15.8. The van der Waals surface area contributed by atoms with Gasteiger partial charge in [0.25, 0.3) is 5.91 Å². The molecule has 0 saturated carbocycles. The summed E-state index contributed by atoms with van der Waals surface area (Å²) in [5, 5.41) is 5.18. The predicted molar refractivity (Wildman–Crippen MR) is 102 cm³/mol. The first-order valence-electron chi connectivity index (χ1n) is 8.95. The van der Waals surface area contributed by atoms with E-state index >= 15 is 0 Å². The molecule has 0 bridgehead atoms. The highest BCUT2D eigenvalue weighted by Gasteiger charge is 2.24. The lowest BCUT2D eigenvalue weighted by Gasteiger charge is -2.21. The van der Waals surface area contributed by atoms with Gasteiger partial charge in [0, 0.05) is 12.3 Å². The molecule has 5 heteroatoms. The fourth-order valence-electron chi connectivity index (χ4n) is 3.29. The van der Waals surface area contributed by atoms with Crippen LogP contribution in [0.2, 0.25) is 0 Å². The molecule has 4 nitrogen and oxygen atoms in total. The summed E-state index contributed by atoms with van der Waals surface area (Å²) in [6, 6.07) is 10.4. The summed E-state index contributed by atoms with van der Waals surface area (Å²) in [6.45, 7) is 7.14. The molecule has 0 aliphatic carbocycles. The largest absolute Gasteiger partial charge is 0.372 e. The van der Waals surface area contributed by atoms with Crippen LogP contribution >= 0.6 is 11.3 Å². The first kappa shape index (κ1) is 18.1. The van der Waals surface area contributed by atoms with Crippen LogP contribution in [0.3, 0.4) is 0 Å². The Morgan fingerprint density at radius 3 is 2.96 bits per heavy atom. The Hall–Kier alpha value is -1.69. The molecule has 1 unspecified atom stereocenters. The Bertz CT molecular complexity index is 694. The lowest BCUT2D eigenvalue weighted by molar-refractivity contribution is -0.908. The van der Waals surface area contributed by atoms with E-state index in [1.165, 1.54) is 9.78 Å². The first-order valence-corrected chi connectivity index (χ1v) is 9.83. The lowest BCUT2D eigenvalue weighted by atomic mass is 10.1. The number of hydrogen-bond acceptors (Lipinski definition) is 3. The number of amides is 1. The summed E-state index contributed by atoms with van der Waals surface area (Å²) in [5.41, 5.74) is 3.17. The molecule has 1 aromatic heterocycles. The number of thiophene rings is 1. The lowest BCUT2D eigenvalue weighted by Crippen LogP contribution is -3.12. The van der Waals surface area contributed by atoms with Crippen LogP contribution in [0.5, 0.6) is 0 Å². The minimum atomic E-state index is 0.0678. The third-order valence-corrected chi connectivity index (χ3v) is 5.50. The Kier molecular flexibility index (Phi) is 6.24. The number of hydrogen-bond donors (Lipinski definition) is 2. The van der Waals surface area contributed by atoms with Gasteiger partial charge in [-0.2, -0.15) is 0 Å². The zero-order chi connectivity index (χ0) is 17.6. The third-order valence-electron chi connectivity index (χ3n) is 4.62. The third kappa shape index (κ3) is 5.39. The van der Waals surface area contributed by atoms with Crippen LogP contribution in [-0.2, 0) is 16.1 Å². The van der Waals surface area contributed by atoms with Gasteiger partial charge in [-0.15, -0.1) is 11.3 Å². The number of carbonyl (C=O) groups is 1. The fourth-order valence-corrected chi connectivity index (χ4v) is 4.06. The number of rotatable bonds is 7. The van der Waals surface area contributed by atoms with Crippen LogP contribution in [-0.4, -0.2) is 31.7 Å². The Morgan fingerprint density at radius 2 is 2.24 bits per heavy atom. The van der Waals surface area contributed by atoms with Gasteiger partial charge in [-0.05, 0) is 55.3 Å². The van der Waals surface area contributed by atoms with E-state index in [2.05, 4.69) is 28.9 Å². The molecule has 2 aromatic rings. The summed E-state index contributed by atoms with van der Waals surface area (Å²) in [7, 11) is 0. The smallest absolute Gasteiger partial charge is 0.279 e. The van der Waals surface area contributed by atoms with Gasteiger partial charge in [0.05, 0.1) is 4.88 Å². The van der Waals surface area contributed by atoms with Gasteiger partial charge in [0.15, 0.2) is 6.54 Å². The second kappa shape index (κ2) is 8.61. The maximum absolute atomic E-state index is 12.6. The monoisotopic (exact) mass is 359 g/mol. The number of ether oxygens (including phenoxy) is 1. The average molecular weight is 360 g/mol. The van der Waals surface area contributed by atoms with Crippen molar-refractivity contribution in [3.05, 3.63) is 51.7 Å². The van der Waals surface area contributed by atoms with Crippen LogP contribution < -0.4 is 10.2 Å². The van der Waals surface area contributed by atoms with E-state index in [0.717, 1.165) is 49.4 Å². The van der Waals surface area contributed by atoms with Crippen molar-refractivity contribution >= 4 is 22.9 Å². The molecule has 1 aliphatic rings. The van der Waals surface area contributed by atoms with Crippen LogP contribution in [0.4, 0.5) is 5.69 Å². The number of quaternary nitrogens is 1. The fraction of sp³-hybridized carbons (Fsp3) is 0.450. The number of aryl methyl sites for hydroxylation is 2. The second-order valence-electron chi connectivity index (χ2n) is 6.89. The van der Waals surface area contributed by atoms with Gasteiger partial charge < -0.3 is 15.0 Å². The topological polar surface area (TPSA) is 42.8 Å². The molecule has 3 rings (SSSR count). The Morgan fingerprint density at radius 1 is 1.36 bits per heavy atom. The summed E-state index contributed by atoms with van der Waals surface area (Å²) in [6.07, 6.45) is 2.52. The van der Waals surface area contributed by atoms with Crippen molar-refractivity contribution in [3.63, 3.8) is 0 Å². The summed E-state index contributed by atoms with van der Waals surface area (Å²) in [5.74, 6) is 0.0678. The highest BCUT2D eigenvalue weighted by Crippen LogP contribution is 2.16. The zero-order valence-electron chi connectivity index (χ0n) is 15.0. The number of benzene rings is 1. The van der Waals surface area contributed by atoms with Crippen LogP contribution in [0, 0.1) is 13.8 Å². The van der Waals surface area contributed by atoms with Crippen molar-refractivity contribution in [2.45, 2.75) is 39.3 Å². The molecule has 0 spiro atoms. The molecule has 2 atom stereocenters. The minimum absolute atomic E-state index is 0.0678. The summed E-state index contributed by atoms with van der Waals surface area (Å²) >= 11 is 1.75. The first-order chi connectivity index (χ1) is 12.1. The standard InChI is InChI=1S/C20H26N2O2S/c1-15-7-8-16(2)19(11-15)21-20(23)14-22(12-17-5-3-9-24-17)13-18-6-4-10-25-18/h4,6-8,10-11,17H,3,5,9,12-14H2,1-2H3,(H,21,23)/p+1/t17-/m1/s1. The van der Waals surface area contributed by atoms with Crippen molar-refractivity contribution < 1.29 is 14.4 Å². The minimum Gasteiger partial charge on any atom is -0.372 e. The summed E-state index contributed by atoms with van der Waals surface area (Å²) < 4.78 is 5.79. The Balaban J connectivity index is 1.63. The van der Waals surface area contributed by atoms with Crippen LogP contribution in [0.15, 0.2) is 35.7 Å². The maximum Gasteiger partial charge on any atom is 0.279 e. The highest BCUT2D eigenvalue weighted by molar-refractivity contribution is 7.09. The molecular weight excluding hydrogens is 332 g/mol. The number of nitrogens with one attached hydrogen (secondary N) is 2. The van der Waals surface area contributed by atoms with Gasteiger partial charge in [0.2, 0.25) is 0 Å². The molecule has 1 aromatic carbocycles. The molecular formula is C20H27N2O2S+. The molecule has 1 aliphatic heterocycles. The number of anilines is 1. The quantitative estimate of drug-likeness (QED) is 0.798. The van der Waals surface area contributed by atoms with E-state index in [0.29, 0.717) is 6.54 Å². The van der Waals surface area contributed by atoms with Crippen molar-refractivity contribution in [2.24, 2.45) is 0 Å². The second-order valence-corrected chi connectivity index (χ2v) is 7.92. The van der Waals surface area contributed by atoms with Crippen LogP contribution in [0.1, 0.15) is 28.8 Å². The number of carbonyl (C=O) groups excluding carboxylic acids is 1. The van der Waals surface area contributed by atoms with Crippen molar-refractivity contribution in [1.29, 1.82) is 0 Å². The molecule has 2 heterocycles. The van der Waals surface area contributed by atoms with Crippen LogP contribution in [0.25, 0.3) is 0 Å². The Labute approximate surface area is 153 Å². The van der Waals surface area contributed by atoms with E-state index in [-0.39, 0.29) is 12.0 Å². The molecule has 134 valence electrons. The molecule has 1 fully saturated rings. The SMILES string of the molecule is Cc1ccc(C)c(NC(=O)C[NH+](Cc2cccs2)C[C@H]2CCCO2)c1. The summed E-state index contributed by atoms with van der Waals surface area (Å²) in [4.78, 5) is 15.2. The van der Waals surface area contributed by atoms with Gasteiger partial charge in [-0.25, -0.2) is 0 Å². The molecule has 2 N–H and O–H groups in total. The van der Waals surface area contributed by atoms with Gasteiger partial charge in [0.1, 0.15) is 19.2 Å². The van der Waals surface area contributed by atoms with E-state index in [1.54, 1.807) is 11.3 Å². The van der Waals surface area contributed by atoms with Gasteiger partial charge in [-0.1, -0.05) is 18.2 Å². The predicted octanol–water partition coefficient (Wildman–Crippen LogP) is 2.57. The maximum atomic E-state index is 12.6. The van der Waals surface area contributed by atoms with E-state index in [4.69, 9.17) is 4.74 Å². The van der Waals surface area contributed by atoms with E-state index < -0.39 is 0 Å². The van der Waals surface area contributed by atoms with Gasteiger partial charge >= 0.3 is 0 Å².